The van der Waals surface area contributed by atoms with Gasteiger partial charge in [0.15, 0.2) is 12.4 Å². The van der Waals surface area contributed by atoms with Crippen LogP contribution in [-0.2, 0) is 15.0 Å². The number of carbonyl (C=O) groups excluding carboxylic acids is 3. The molecule has 6 nitrogen and oxygen atoms in total. The molecule has 0 fully saturated rings. The van der Waals surface area contributed by atoms with Crippen LogP contribution in [0.5, 0.6) is 5.75 Å². The van der Waals surface area contributed by atoms with E-state index in [-0.39, 0.29) is 36.2 Å². The number of benzene rings is 2. The van der Waals surface area contributed by atoms with Crippen molar-refractivity contribution >= 4 is 29.0 Å². The molecule has 0 aliphatic carbocycles. The lowest BCUT2D eigenvalue weighted by Crippen LogP contribution is -2.43. The lowest BCUT2D eigenvalue weighted by molar-refractivity contribution is -0.123. The van der Waals surface area contributed by atoms with Crippen LogP contribution < -0.4 is 15.0 Å². The third-order valence-corrected chi connectivity index (χ3v) is 4.65. The van der Waals surface area contributed by atoms with Crippen molar-refractivity contribution in [3.8, 4) is 5.75 Å². The van der Waals surface area contributed by atoms with Gasteiger partial charge in [0.1, 0.15) is 12.3 Å². The Morgan fingerprint density at radius 2 is 1.79 bits per heavy atom. The zero-order chi connectivity index (χ0) is 20.5. The zero-order valence-corrected chi connectivity index (χ0v) is 16.5. The molecule has 1 heterocycles. The Balaban J connectivity index is 1.76. The fraction of sp³-hybridized carbons (Fsp3) is 0.318. The highest BCUT2D eigenvalue weighted by Crippen LogP contribution is 2.36. The molecule has 0 saturated carbocycles. The van der Waals surface area contributed by atoms with Crippen LogP contribution in [0.1, 0.15) is 43.6 Å². The van der Waals surface area contributed by atoms with E-state index in [1.54, 1.807) is 24.3 Å². The van der Waals surface area contributed by atoms with Crippen LogP contribution in [0.3, 0.4) is 0 Å². The molecule has 0 aromatic heterocycles. The van der Waals surface area contributed by atoms with Crippen molar-refractivity contribution in [2.45, 2.75) is 33.1 Å². The van der Waals surface area contributed by atoms with Gasteiger partial charge in [-0.1, -0.05) is 26.8 Å². The summed E-state index contributed by atoms with van der Waals surface area (Å²) in [7, 11) is 0. The Kier molecular flexibility index (Phi) is 5.23. The van der Waals surface area contributed by atoms with E-state index in [0.717, 1.165) is 5.56 Å². The van der Waals surface area contributed by atoms with Crippen molar-refractivity contribution in [1.29, 1.82) is 0 Å². The second kappa shape index (κ2) is 7.46. The quantitative estimate of drug-likeness (QED) is 0.823. The Bertz CT molecular complexity index is 927. The highest BCUT2D eigenvalue weighted by Gasteiger charge is 2.28. The number of carbonyl (C=O) groups is 3. The standard InChI is InChI=1S/C22H24N2O4/c1-14(25)15-5-8-17(9-6-15)23-20(26)12-24-18-10-7-16(22(2,3)4)11-19(18)28-13-21(24)27/h5-11H,12-13H2,1-4H3,(H,23,26). The number of nitrogens with zero attached hydrogens (tertiary/aromatic N) is 1. The summed E-state index contributed by atoms with van der Waals surface area (Å²) in [6.45, 7) is 7.59. The molecule has 0 spiro atoms. The van der Waals surface area contributed by atoms with Crippen LogP contribution >= 0.6 is 0 Å². The van der Waals surface area contributed by atoms with Crippen LogP contribution in [0.15, 0.2) is 42.5 Å². The predicted molar refractivity (Wildman–Crippen MR) is 108 cm³/mol. The third kappa shape index (κ3) is 4.22. The van der Waals surface area contributed by atoms with Crippen molar-refractivity contribution in [3.63, 3.8) is 0 Å². The Labute approximate surface area is 164 Å². The average molecular weight is 380 g/mol. The molecule has 146 valence electrons. The van der Waals surface area contributed by atoms with E-state index in [1.165, 1.54) is 11.8 Å². The Morgan fingerprint density at radius 1 is 1.11 bits per heavy atom. The summed E-state index contributed by atoms with van der Waals surface area (Å²) in [6.07, 6.45) is 0. The number of nitrogens with one attached hydrogen (secondary N) is 1. The Morgan fingerprint density at radius 3 is 2.39 bits per heavy atom. The summed E-state index contributed by atoms with van der Waals surface area (Å²) in [4.78, 5) is 37.6. The van der Waals surface area contributed by atoms with Gasteiger partial charge in [0, 0.05) is 11.3 Å². The number of hydrogen-bond donors (Lipinski definition) is 1. The van der Waals surface area contributed by atoms with Crippen molar-refractivity contribution in [1.82, 2.24) is 0 Å². The lowest BCUT2D eigenvalue weighted by Gasteiger charge is -2.30. The first-order chi connectivity index (χ1) is 13.1. The van der Waals surface area contributed by atoms with Gasteiger partial charge in [-0.3, -0.25) is 19.3 Å². The minimum atomic E-state index is -0.323. The number of hydrogen-bond acceptors (Lipinski definition) is 4. The van der Waals surface area contributed by atoms with E-state index in [2.05, 4.69) is 26.1 Å². The maximum Gasteiger partial charge on any atom is 0.265 e. The minimum absolute atomic E-state index is 0.0389. The summed E-state index contributed by atoms with van der Waals surface area (Å²) < 4.78 is 5.58. The SMILES string of the molecule is CC(=O)c1ccc(NC(=O)CN2C(=O)COc3cc(C(C)(C)C)ccc32)cc1. The van der Waals surface area contributed by atoms with Gasteiger partial charge in [0.25, 0.3) is 5.91 Å². The molecule has 1 aliphatic rings. The van der Waals surface area contributed by atoms with Gasteiger partial charge in [-0.05, 0) is 54.3 Å². The molecule has 0 radical (unpaired) electrons. The maximum absolute atomic E-state index is 12.5. The van der Waals surface area contributed by atoms with Crippen molar-refractivity contribution < 1.29 is 19.1 Å². The van der Waals surface area contributed by atoms with E-state index in [9.17, 15) is 14.4 Å². The molecule has 0 bridgehead atoms. The fourth-order valence-electron chi connectivity index (χ4n) is 2.98. The smallest absolute Gasteiger partial charge is 0.265 e. The molecule has 1 aliphatic heterocycles. The number of ether oxygens (including phenoxy) is 1. The van der Waals surface area contributed by atoms with Gasteiger partial charge < -0.3 is 10.1 Å². The first-order valence-electron chi connectivity index (χ1n) is 9.14. The lowest BCUT2D eigenvalue weighted by atomic mass is 9.86. The van der Waals surface area contributed by atoms with E-state index in [1.807, 2.05) is 18.2 Å². The minimum Gasteiger partial charge on any atom is -0.482 e. The maximum atomic E-state index is 12.5. The summed E-state index contributed by atoms with van der Waals surface area (Å²) in [6, 6.07) is 12.3. The van der Waals surface area contributed by atoms with E-state index < -0.39 is 0 Å². The monoisotopic (exact) mass is 380 g/mol. The number of Topliss-reactive ketones (excluding diaryl/α,β-unsaturated/α-hetero) is 1. The molecule has 6 heteroatoms. The second-order valence-corrected chi connectivity index (χ2v) is 7.88. The fourth-order valence-corrected chi connectivity index (χ4v) is 2.98. The van der Waals surface area contributed by atoms with Crippen LogP contribution in [-0.4, -0.2) is 30.7 Å². The van der Waals surface area contributed by atoms with Crippen molar-refractivity contribution in [2.75, 3.05) is 23.4 Å². The number of fused-ring (bicyclic) bond motifs is 1. The van der Waals surface area contributed by atoms with Crippen molar-refractivity contribution in [2.24, 2.45) is 0 Å². The zero-order valence-electron chi connectivity index (χ0n) is 16.5. The number of ketones is 1. The molecule has 0 atom stereocenters. The van der Waals surface area contributed by atoms with Gasteiger partial charge in [-0.25, -0.2) is 0 Å². The third-order valence-electron chi connectivity index (χ3n) is 4.65. The van der Waals surface area contributed by atoms with Crippen LogP contribution in [0.4, 0.5) is 11.4 Å². The average Bonchev–Trinajstić information content (AvgIpc) is 2.63. The Hall–Kier alpha value is -3.15. The highest BCUT2D eigenvalue weighted by atomic mass is 16.5. The van der Waals surface area contributed by atoms with Gasteiger partial charge >= 0.3 is 0 Å². The van der Waals surface area contributed by atoms with Crippen LogP contribution in [0.2, 0.25) is 0 Å². The predicted octanol–water partition coefficient (Wildman–Crippen LogP) is 3.55. The summed E-state index contributed by atoms with van der Waals surface area (Å²) in [5.41, 5.74) is 2.78. The number of amides is 2. The first-order valence-corrected chi connectivity index (χ1v) is 9.14. The first kappa shape index (κ1) is 19.6. The molecule has 1 N–H and O–H groups in total. The van der Waals surface area contributed by atoms with Crippen LogP contribution in [0, 0.1) is 0 Å². The van der Waals surface area contributed by atoms with Crippen molar-refractivity contribution in [3.05, 3.63) is 53.6 Å². The number of rotatable bonds is 4. The molecular weight excluding hydrogens is 356 g/mol. The van der Waals surface area contributed by atoms with Crippen LogP contribution in [0.25, 0.3) is 0 Å². The normalized spacial score (nSPS) is 13.6. The molecule has 3 rings (SSSR count). The number of anilines is 2. The van der Waals surface area contributed by atoms with Gasteiger partial charge in [0.2, 0.25) is 5.91 Å². The van der Waals surface area contributed by atoms with Gasteiger partial charge in [-0.15, -0.1) is 0 Å². The summed E-state index contributed by atoms with van der Waals surface area (Å²) in [5.74, 6) is -0.0246. The second-order valence-electron chi connectivity index (χ2n) is 7.88. The molecule has 2 aromatic rings. The summed E-state index contributed by atoms with van der Waals surface area (Å²) >= 11 is 0. The molecule has 2 aromatic carbocycles. The molecule has 28 heavy (non-hydrogen) atoms. The molecular formula is C22H24N2O4. The highest BCUT2D eigenvalue weighted by molar-refractivity contribution is 6.05. The van der Waals surface area contributed by atoms with Gasteiger partial charge in [0.05, 0.1) is 5.69 Å². The van der Waals surface area contributed by atoms with E-state index in [4.69, 9.17) is 4.74 Å². The topological polar surface area (TPSA) is 75.7 Å². The summed E-state index contributed by atoms with van der Waals surface area (Å²) in [5, 5.41) is 2.76. The molecule has 0 saturated heterocycles. The van der Waals surface area contributed by atoms with E-state index >= 15 is 0 Å². The molecule has 0 unspecified atom stereocenters. The van der Waals surface area contributed by atoms with E-state index in [0.29, 0.717) is 22.7 Å². The van der Waals surface area contributed by atoms with Gasteiger partial charge in [-0.2, -0.15) is 0 Å². The largest absolute Gasteiger partial charge is 0.482 e. The molecule has 2 amide bonds.